The molecule has 0 spiro atoms. The van der Waals surface area contributed by atoms with E-state index >= 15 is 0 Å². The van der Waals surface area contributed by atoms with Crippen molar-refractivity contribution in [2.24, 2.45) is 0 Å². The minimum atomic E-state index is -1.22. The van der Waals surface area contributed by atoms with Crippen LogP contribution in [-0.2, 0) is 15.1 Å². The van der Waals surface area contributed by atoms with Gasteiger partial charge in [0.25, 0.3) is 0 Å². The summed E-state index contributed by atoms with van der Waals surface area (Å²) in [5.74, 6) is -0.914. The van der Waals surface area contributed by atoms with E-state index in [0.717, 1.165) is 10.2 Å². The van der Waals surface area contributed by atoms with Crippen molar-refractivity contribution in [3.63, 3.8) is 0 Å². The highest BCUT2D eigenvalue weighted by molar-refractivity contribution is 7.18. The van der Waals surface area contributed by atoms with Crippen LogP contribution in [0.15, 0.2) is 48.6 Å². The lowest BCUT2D eigenvalue weighted by Gasteiger charge is -2.30. The number of nitrogens with zero attached hydrogens (tertiary/aromatic N) is 1. The topological polar surface area (TPSA) is 51.6 Å². The first-order valence-corrected chi connectivity index (χ1v) is 7.02. The third kappa shape index (κ3) is 2.09. The fourth-order valence-electron chi connectivity index (χ4n) is 2.14. The number of thiazole rings is 1. The van der Waals surface area contributed by atoms with Crippen LogP contribution in [0.25, 0.3) is 10.2 Å². The van der Waals surface area contributed by atoms with E-state index in [4.69, 9.17) is 9.47 Å². The average Bonchev–Trinajstić information content (AvgIpc) is 2.93. The molecule has 0 aliphatic heterocycles. The third-order valence-electron chi connectivity index (χ3n) is 3.41. The lowest BCUT2D eigenvalue weighted by Crippen LogP contribution is -2.34. The first kappa shape index (κ1) is 13.5. The predicted octanol–water partition coefficient (Wildman–Crippen LogP) is 2.60. The van der Waals surface area contributed by atoms with E-state index in [1.54, 1.807) is 38.5 Å². The van der Waals surface area contributed by atoms with Crippen LogP contribution in [0.3, 0.4) is 0 Å². The Labute approximate surface area is 121 Å². The molecule has 4 nitrogen and oxygen atoms in total. The smallest absolute Gasteiger partial charge is 0.207 e. The summed E-state index contributed by atoms with van der Waals surface area (Å²) in [5.41, 5.74) is -0.331. The number of fused-ring (bicyclic) bond motifs is 1. The molecule has 5 heteroatoms. The Morgan fingerprint density at radius 2 is 1.70 bits per heavy atom. The quantitative estimate of drug-likeness (QED) is 0.697. The molecule has 0 amide bonds. The number of methoxy groups -OCH3 is 2. The zero-order valence-corrected chi connectivity index (χ0v) is 12.1. The normalized spacial score (nSPS) is 19.6. The number of aliphatic hydroxyl groups is 1. The molecule has 0 bridgehead atoms. The van der Waals surface area contributed by atoms with E-state index < -0.39 is 11.4 Å². The molecular formula is C15H15NO3S. The second-order valence-electron chi connectivity index (χ2n) is 4.61. The molecule has 1 N–H and O–H groups in total. The van der Waals surface area contributed by atoms with Gasteiger partial charge < -0.3 is 14.6 Å². The highest BCUT2D eigenvalue weighted by Gasteiger charge is 2.35. The van der Waals surface area contributed by atoms with Gasteiger partial charge in [-0.3, -0.25) is 0 Å². The van der Waals surface area contributed by atoms with Gasteiger partial charge in [-0.25, -0.2) is 4.98 Å². The van der Waals surface area contributed by atoms with Crippen LogP contribution in [0.2, 0.25) is 0 Å². The van der Waals surface area contributed by atoms with Gasteiger partial charge in [-0.2, -0.15) is 0 Å². The number of benzene rings is 1. The molecule has 0 unspecified atom stereocenters. The zero-order valence-electron chi connectivity index (χ0n) is 11.2. The number of para-hydroxylation sites is 1. The monoisotopic (exact) mass is 289 g/mol. The van der Waals surface area contributed by atoms with Crippen LogP contribution in [0.4, 0.5) is 0 Å². The van der Waals surface area contributed by atoms with E-state index in [1.165, 1.54) is 11.3 Å². The van der Waals surface area contributed by atoms with Crippen LogP contribution < -0.4 is 0 Å². The lowest BCUT2D eigenvalue weighted by atomic mass is 9.96. The van der Waals surface area contributed by atoms with Crippen molar-refractivity contribution >= 4 is 21.6 Å². The molecule has 1 aliphatic rings. The molecule has 20 heavy (non-hydrogen) atoms. The number of aromatic nitrogens is 1. The largest absolute Gasteiger partial charge is 0.375 e. The Morgan fingerprint density at radius 1 is 1.05 bits per heavy atom. The molecule has 0 fully saturated rings. The van der Waals surface area contributed by atoms with Gasteiger partial charge in [0.2, 0.25) is 5.79 Å². The summed E-state index contributed by atoms with van der Waals surface area (Å²) in [4.78, 5) is 4.49. The number of hydrogen-bond donors (Lipinski definition) is 1. The first-order valence-electron chi connectivity index (χ1n) is 6.20. The average molecular weight is 289 g/mol. The summed E-state index contributed by atoms with van der Waals surface area (Å²) in [7, 11) is 3.11. The van der Waals surface area contributed by atoms with Gasteiger partial charge >= 0.3 is 0 Å². The molecule has 0 saturated carbocycles. The van der Waals surface area contributed by atoms with Gasteiger partial charge in [0, 0.05) is 14.2 Å². The van der Waals surface area contributed by atoms with Crippen molar-refractivity contribution in [1.82, 2.24) is 4.98 Å². The maximum atomic E-state index is 10.7. The molecule has 0 radical (unpaired) electrons. The molecule has 2 aromatic rings. The Hall–Kier alpha value is -1.53. The van der Waals surface area contributed by atoms with Crippen molar-refractivity contribution in [2.75, 3.05) is 14.2 Å². The lowest BCUT2D eigenvalue weighted by molar-refractivity contribution is -0.136. The maximum Gasteiger partial charge on any atom is 0.207 e. The zero-order chi connectivity index (χ0) is 14.2. The standard InChI is InChI=1S/C15H15NO3S/c1-18-15(19-2)9-7-14(17,8-10-15)13-16-11-5-3-4-6-12(11)20-13/h3-10,17H,1-2H3. The van der Waals surface area contributed by atoms with Crippen molar-refractivity contribution in [2.45, 2.75) is 11.4 Å². The Morgan fingerprint density at radius 3 is 2.30 bits per heavy atom. The number of rotatable bonds is 3. The SMILES string of the molecule is COC1(OC)C=CC(O)(c2nc3ccccc3s2)C=C1. The molecule has 104 valence electrons. The van der Waals surface area contributed by atoms with Crippen LogP contribution in [0.5, 0.6) is 0 Å². The molecule has 0 saturated heterocycles. The van der Waals surface area contributed by atoms with Crippen LogP contribution in [-0.4, -0.2) is 30.1 Å². The predicted molar refractivity (Wildman–Crippen MR) is 78.5 cm³/mol. The fraction of sp³-hybridized carbons (Fsp3) is 0.267. The van der Waals surface area contributed by atoms with E-state index in [1.807, 2.05) is 24.3 Å². The van der Waals surface area contributed by atoms with Gasteiger partial charge in [-0.1, -0.05) is 12.1 Å². The van der Waals surface area contributed by atoms with Gasteiger partial charge in [0.05, 0.1) is 10.2 Å². The molecular weight excluding hydrogens is 274 g/mol. The van der Waals surface area contributed by atoms with Crippen LogP contribution in [0, 0.1) is 0 Å². The molecule has 1 aliphatic carbocycles. The fourth-order valence-corrected chi connectivity index (χ4v) is 3.16. The van der Waals surface area contributed by atoms with Crippen molar-refractivity contribution in [1.29, 1.82) is 0 Å². The second kappa shape index (κ2) is 4.79. The van der Waals surface area contributed by atoms with Crippen molar-refractivity contribution < 1.29 is 14.6 Å². The van der Waals surface area contributed by atoms with Gasteiger partial charge in [0.15, 0.2) is 5.60 Å². The molecule has 1 aromatic heterocycles. The summed E-state index contributed by atoms with van der Waals surface area (Å²) >= 11 is 1.47. The first-order chi connectivity index (χ1) is 9.61. The van der Waals surface area contributed by atoms with E-state index in [2.05, 4.69) is 4.98 Å². The third-order valence-corrected chi connectivity index (χ3v) is 4.59. The molecule has 1 aromatic carbocycles. The van der Waals surface area contributed by atoms with Gasteiger partial charge in [-0.05, 0) is 36.4 Å². The Kier molecular flexibility index (Phi) is 3.22. The summed E-state index contributed by atoms with van der Waals surface area (Å²) < 4.78 is 11.6. The van der Waals surface area contributed by atoms with Crippen molar-refractivity contribution in [3.8, 4) is 0 Å². The van der Waals surface area contributed by atoms with Crippen molar-refractivity contribution in [3.05, 3.63) is 53.6 Å². The summed E-state index contributed by atoms with van der Waals surface area (Å²) in [6.45, 7) is 0. The summed E-state index contributed by atoms with van der Waals surface area (Å²) in [6.07, 6.45) is 6.69. The Bertz CT molecular complexity index is 636. The molecule has 0 atom stereocenters. The van der Waals surface area contributed by atoms with Gasteiger partial charge in [-0.15, -0.1) is 11.3 Å². The number of ether oxygens (including phenoxy) is 2. The van der Waals surface area contributed by atoms with E-state index in [-0.39, 0.29) is 0 Å². The maximum absolute atomic E-state index is 10.7. The summed E-state index contributed by atoms with van der Waals surface area (Å²) in [6, 6.07) is 7.82. The molecule has 3 rings (SSSR count). The number of hydrogen-bond acceptors (Lipinski definition) is 5. The van der Waals surface area contributed by atoms with E-state index in [9.17, 15) is 5.11 Å². The van der Waals surface area contributed by atoms with Crippen LogP contribution in [0.1, 0.15) is 5.01 Å². The second-order valence-corrected chi connectivity index (χ2v) is 5.64. The highest BCUT2D eigenvalue weighted by atomic mass is 32.1. The molecule has 1 heterocycles. The minimum absolute atomic E-state index is 0.631. The summed E-state index contributed by atoms with van der Waals surface area (Å²) in [5, 5.41) is 11.4. The Balaban J connectivity index is 2.00. The minimum Gasteiger partial charge on any atom is -0.375 e. The van der Waals surface area contributed by atoms with Crippen LogP contribution >= 0.6 is 11.3 Å². The van der Waals surface area contributed by atoms with E-state index in [0.29, 0.717) is 5.01 Å². The van der Waals surface area contributed by atoms with Gasteiger partial charge in [0.1, 0.15) is 5.01 Å². The highest BCUT2D eigenvalue weighted by Crippen LogP contribution is 2.36.